The van der Waals surface area contributed by atoms with Crippen molar-refractivity contribution in [1.82, 2.24) is 10.6 Å². The molecule has 0 radical (unpaired) electrons. The zero-order chi connectivity index (χ0) is 16.0. The van der Waals surface area contributed by atoms with Crippen molar-refractivity contribution in [2.24, 2.45) is 5.41 Å². The Morgan fingerprint density at radius 2 is 1.86 bits per heavy atom. The molecule has 2 N–H and O–H groups in total. The first-order valence-electron chi connectivity index (χ1n) is 7.54. The average molecular weight is 300 g/mol. The van der Waals surface area contributed by atoms with Crippen LogP contribution in [0, 0.1) is 5.41 Å². The van der Waals surface area contributed by atoms with Crippen LogP contribution in [-0.2, 0) is 11.3 Å². The predicted octanol–water partition coefficient (Wildman–Crippen LogP) is 3.27. The largest absolute Gasteiger partial charge is 0.467 e. The van der Waals surface area contributed by atoms with Crippen LogP contribution >= 0.6 is 0 Å². The third-order valence-electron chi connectivity index (χ3n) is 3.51. The molecule has 0 aliphatic carbocycles. The van der Waals surface area contributed by atoms with Gasteiger partial charge in [-0.05, 0) is 23.1 Å². The summed E-state index contributed by atoms with van der Waals surface area (Å²) in [6.07, 6.45) is 1.60. The lowest BCUT2D eigenvalue weighted by atomic mass is 9.82. The van der Waals surface area contributed by atoms with Gasteiger partial charge in [-0.2, -0.15) is 0 Å². The van der Waals surface area contributed by atoms with E-state index in [1.807, 2.05) is 30.3 Å². The van der Waals surface area contributed by atoms with Crippen LogP contribution in [0.5, 0.6) is 0 Å². The van der Waals surface area contributed by atoms with Crippen molar-refractivity contribution in [1.29, 1.82) is 0 Å². The summed E-state index contributed by atoms with van der Waals surface area (Å²) in [7, 11) is 0. The van der Waals surface area contributed by atoms with Crippen LogP contribution in [0.3, 0.4) is 0 Å². The fourth-order valence-electron chi connectivity index (χ4n) is 2.43. The standard InChI is InChI=1S/C18H24N2O2/c1-18(2,3)17(14-8-5-4-6-9-14)20-13-16(21)19-12-15-10-7-11-22-15/h4-11,17,20H,12-13H2,1-3H3,(H,19,21). The van der Waals surface area contributed by atoms with Gasteiger partial charge in [-0.15, -0.1) is 0 Å². The Balaban J connectivity index is 1.90. The number of furan rings is 1. The van der Waals surface area contributed by atoms with Crippen LogP contribution in [-0.4, -0.2) is 12.5 Å². The number of benzene rings is 1. The highest BCUT2D eigenvalue weighted by molar-refractivity contribution is 5.78. The molecule has 1 heterocycles. The zero-order valence-electron chi connectivity index (χ0n) is 13.4. The maximum absolute atomic E-state index is 12.0. The molecule has 0 aliphatic heterocycles. The van der Waals surface area contributed by atoms with E-state index in [2.05, 4.69) is 43.5 Å². The van der Waals surface area contributed by atoms with E-state index in [-0.39, 0.29) is 23.9 Å². The molecular formula is C18H24N2O2. The number of rotatable bonds is 6. The fourth-order valence-corrected chi connectivity index (χ4v) is 2.43. The zero-order valence-corrected chi connectivity index (χ0v) is 13.4. The molecule has 0 saturated carbocycles. The number of amides is 1. The molecular weight excluding hydrogens is 276 g/mol. The molecule has 2 aromatic rings. The Morgan fingerprint density at radius 1 is 1.14 bits per heavy atom. The van der Waals surface area contributed by atoms with Gasteiger partial charge >= 0.3 is 0 Å². The van der Waals surface area contributed by atoms with Gasteiger partial charge in [0.2, 0.25) is 5.91 Å². The fraction of sp³-hybridized carbons (Fsp3) is 0.389. The third kappa shape index (κ3) is 4.74. The number of carbonyl (C=O) groups is 1. The van der Waals surface area contributed by atoms with E-state index in [4.69, 9.17) is 4.42 Å². The molecule has 0 saturated heterocycles. The van der Waals surface area contributed by atoms with E-state index in [9.17, 15) is 4.79 Å². The van der Waals surface area contributed by atoms with Gasteiger partial charge in [0.15, 0.2) is 0 Å². The number of hydrogen-bond acceptors (Lipinski definition) is 3. The smallest absolute Gasteiger partial charge is 0.234 e. The van der Waals surface area contributed by atoms with Crippen molar-refractivity contribution >= 4 is 5.91 Å². The molecule has 1 aromatic heterocycles. The Kier molecular flexibility index (Phi) is 5.39. The highest BCUT2D eigenvalue weighted by atomic mass is 16.3. The normalized spacial score (nSPS) is 12.9. The van der Waals surface area contributed by atoms with Gasteiger partial charge in [0.25, 0.3) is 0 Å². The summed E-state index contributed by atoms with van der Waals surface area (Å²) in [5, 5.41) is 6.21. The molecule has 1 amide bonds. The van der Waals surface area contributed by atoms with Crippen LogP contribution in [0.25, 0.3) is 0 Å². The second-order valence-corrected chi connectivity index (χ2v) is 6.45. The molecule has 118 valence electrons. The first kappa shape index (κ1) is 16.3. The van der Waals surface area contributed by atoms with Crippen LogP contribution < -0.4 is 10.6 Å². The van der Waals surface area contributed by atoms with Crippen molar-refractivity contribution in [2.45, 2.75) is 33.4 Å². The Bertz CT molecular complexity index is 571. The molecule has 4 heteroatoms. The first-order chi connectivity index (χ1) is 10.5. The lowest BCUT2D eigenvalue weighted by Crippen LogP contribution is -2.39. The third-order valence-corrected chi connectivity index (χ3v) is 3.51. The van der Waals surface area contributed by atoms with E-state index < -0.39 is 0 Å². The number of hydrogen-bond donors (Lipinski definition) is 2. The summed E-state index contributed by atoms with van der Waals surface area (Å²) >= 11 is 0. The lowest BCUT2D eigenvalue weighted by molar-refractivity contribution is -0.120. The molecule has 0 aliphatic rings. The van der Waals surface area contributed by atoms with E-state index in [0.717, 1.165) is 5.76 Å². The summed E-state index contributed by atoms with van der Waals surface area (Å²) in [6.45, 7) is 7.19. The minimum atomic E-state index is -0.0402. The Labute approximate surface area is 131 Å². The molecule has 0 bridgehead atoms. The lowest BCUT2D eigenvalue weighted by Gasteiger charge is -2.32. The van der Waals surface area contributed by atoms with Crippen LogP contribution in [0.4, 0.5) is 0 Å². The highest BCUT2D eigenvalue weighted by Gasteiger charge is 2.26. The van der Waals surface area contributed by atoms with Crippen molar-refractivity contribution in [3.63, 3.8) is 0 Å². The quantitative estimate of drug-likeness (QED) is 0.861. The summed E-state index contributed by atoms with van der Waals surface area (Å²) in [5.41, 5.74) is 1.21. The summed E-state index contributed by atoms with van der Waals surface area (Å²) < 4.78 is 5.20. The molecule has 4 nitrogen and oxygen atoms in total. The minimum absolute atomic E-state index is 0.0165. The minimum Gasteiger partial charge on any atom is -0.467 e. The van der Waals surface area contributed by atoms with Crippen LogP contribution in [0.2, 0.25) is 0 Å². The molecule has 1 atom stereocenters. The second kappa shape index (κ2) is 7.27. The first-order valence-corrected chi connectivity index (χ1v) is 7.54. The maximum Gasteiger partial charge on any atom is 0.234 e. The van der Waals surface area contributed by atoms with Crippen molar-refractivity contribution in [3.8, 4) is 0 Å². The number of carbonyl (C=O) groups excluding carboxylic acids is 1. The molecule has 2 rings (SSSR count). The topological polar surface area (TPSA) is 54.3 Å². The van der Waals surface area contributed by atoms with E-state index in [1.54, 1.807) is 6.26 Å². The summed E-state index contributed by atoms with van der Waals surface area (Å²) in [6, 6.07) is 14.0. The van der Waals surface area contributed by atoms with Gasteiger partial charge in [-0.25, -0.2) is 0 Å². The van der Waals surface area contributed by atoms with Gasteiger partial charge in [0, 0.05) is 6.04 Å². The molecule has 1 aromatic carbocycles. The van der Waals surface area contributed by atoms with Crippen molar-refractivity contribution < 1.29 is 9.21 Å². The average Bonchev–Trinajstić information content (AvgIpc) is 2.98. The molecule has 22 heavy (non-hydrogen) atoms. The van der Waals surface area contributed by atoms with E-state index >= 15 is 0 Å². The molecule has 0 fully saturated rings. The van der Waals surface area contributed by atoms with E-state index in [1.165, 1.54) is 5.56 Å². The second-order valence-electron chi connectivity index (χ2n) is 6.45. The Morgan fingerprint density at radius 3 is 2.45 bits per heavy atom. The summed E-state index contributed by atoms with van der Waals surface area (Å²) in [4.78, 5) is 12.0. The van der Waals surface area contributed by atoms with Crippen molar-refractivity contribution in [3.05, 3.63) is 60.1 Å². The highest BCUT2D eigenvalue weighted by Crippen LogP contribution is 2.32. The summed E-state index contributed by atoms with van der Waals surface area (Å²) in [5.74, 6) is 0.713. The Hall–Kier alpha value is -2.07. The monoisotopic (exact) mass is 300 g/mol. The van der Waals surface area contributed by atoms with Gasteiger partial charge in [0.1, 0.15) is 5.76 Å². The molecule has 0 spiro atoms. The number of nitrogens with one attached hydrogen (secondary N) is 2. The predicted molar refractivity (Wildman–Crippen MR) is 87.2 cm³/mol. The van der Waals surface area contributed by atoms with Gasteiger partial charge < -0.3 is 15.1 Å². The SMILES string of the molecule is CC(C)(C)C(NCC(=O)NCc1ccco1)c1ccccc1. The van der Waals surface area contributed by atoms with Gasteiger partial charge in [0.05, 0.1) is 19.4 Å². The molecule has 1 unspecified atom stereocenters. The maximum atomic E-state index is 12.0. The van der Waals surface area contributed by atoms with Crippen molar-refractivity contribution in [2.75, 3.05) is 6.54 Å². The van der Waals surface area contributed by atoms with Crippen LogP contribution in [0.15, 0.2) is 53.1 Å². The van der Waals surface area contributed by atoms with E-state index in [0.29, 0.717) is 6.54 Å². The van der Waals surface area contributed by atoms with Gasteiger partial charge in [-0.3, -0.25) is 4.79 Å². The van der Waals surface area contributed by atoms with Gasteiger partial charge in [-0.1, -0.05) is 51.1 Å². The van der Waals surface area contributed by atoms with Crippen LogP contribution in [0.1, 0.15) is 38.1 Å².